The van der Waals surface area contributed by atoms with E-state index in [1.54, 1.807) is 17.5 Å². The molecule has 0 amide bonds. The average molecular weight is 558 g/mol. The van der Waals surface area contributed by atoms with Crippen molar-refractivity contribution in [3.8, 4) is 0 Å². The monoisotopic (exact) mass is 557 g/mol. The Bertz CT molecular complexity index is 715. The van der Waals surface area contributed by atoms with Gasteiger partial charge < -0.3 is 15.7 Å². The largest absolute Gasteiger partial charge is 0.390 e. The van der Waals surface area contributed by atoms with Crippen molar-refractivity contribution in [2.75, 3.05) is 25.4 Å². The lowest BCUT2D eigenvalue weighted by Gasteiger charge is -2.29. The molecule has 1 aliphatic carbocycles. The molecule has 1 atom stereocenters. The zero-order chi connectivity index (χ0) is 20.6. The number of aliphatic imine (C=N–C) groups is 1. The molecule has 9 heteroatoms. The van der Waals surface area contributed by atoms with Gasteiger partial charge in [-0.05, 0) is 49.0 Å². The van der Waals surface area contributed by atoms with Gasteiger partial charge in [0.05, 0.1) is 11.9 Å². The Kier molecular flexibility index (Phi) is 11.4. The number of nitrogens with one attached hydrogen (secondary N) is 2. The maximum absolute atomic E-state index is 12.3. The number of hydrogen-bond acceptors (Lipinski definition) is 5. The van der Waals surface area contributed by atoms with Crippen LogP contribution in [0.5, 0.6) is 0 Å². The molecule has 1 unspecified atom stereocenters. The highest BCUT2D eigenvalue weighted by atomic mass is 127. The number of halogens is 1. The standard InChI is InChI=1S/C20H35N3O3S2.HI/c1-4-21-19(23-15-20(12-16(2)3)9-5-6-10-20)22-13-17(24)14-28(25,26)18-8-7-11-27-18;/h7-8,11,16-17,24H,4-6,9-10,12-15H2,1-3H3,(H2,21,22,23);1H. The minimum Gasteiger partial charge on any atom is -0.390 e. The van der Waals surface area contributed by atoms with Crippen LogP contribution in [0.2, 0.25) is 0 Å². The molecule has 0 radical (unpaired) electrons. The molecule has 0 saturated heterocycles. The van der Waals surface area contributed by atoms with Gasteiger partial charge in [0, 0.05) is 19.6 Å². The average Bonchev–Trinajstić information content (AvgIpc) is 3.29. The highest BCUT2D eigenvalue weighted by Gasteiger charge is 2.34. The summed E-state index contributed by atoms with van der Waals surface area (Å²) >= 11 is 1.18. The topological polar surface area (TPSA) is 90.8 Å². The van der Waals surface area contributed by atoms with Gasteiger partial charge in [-0.25, -0.2) is 8.42 Å². The van der Waals surface area contributed by atoms with Gasteiger partial charge in [0.2, 0.25) is 0 Å². The van der Waals surface area contributed by atoms with Crippen LogP contribution in [-0.2, 0) is 9.84 Å². The molecule has 0 aliphatic heterocycles. The zero-order valence-corrected chi connectivity index (χ0v) is 21.6. The number of sulfone groups is 1. The van der Waals surface area contributed by atoms with E-state index >= 15 is 0 Å². The lowest BCUT2D eigenvalue weighted by atomic mass is 9.78. The molecular formula is C20H36IN3O3S2. The second kappa shape index (κ2) is 12.5. The second-order valence-corrected chi connectivity index (χ2v) is 11.5. The molecule has 1 aromatic heterocycles. The first kappa shape index (κ1) is 26.6. The molecule has 1 aromatic rings. The van der Waals surface area contributed by atoms with E-state index in [9.17, 15) is 13.5 Å². The first-order valence-electron chi connectivity index (χ1n) is 10.2. The van der Waals surface area contributed by atoms with Crippen LogP contribution in [-0.4, -0.2) is 51.0 Å². The summed E-state index contributed by atoms with van der Waals surface area (Å²) in [4.78, 5) is 4.77. The second-order valence-electron chi connectivity index (χ2n) is 8.25. The van der Waals surface area contributed by atoms with Crippen molar-refractivity contribution >= 4 is 51.1 Å². The fourth-order valence-corrected chi connectivity index (χ4v) is 6.54. The first-order chi connectivity index (χ1) is 13.3. The van der Waals surface area contributed by atoms with Gasteiger partial charge >= 0.3 is 0 Å². The van der Waals surface area contributed by atoms with Crippen LogP contribution in [0.4, 0.5) is 0 Å². The third-order valence-corrected chi connectivity index (χ3v) is 8.43. The molecule has 0 bridgehead atoms. The van der Waals surface area contributed by atoms with Crippen molar-refractivity contribution in [3.05, 3.63) is 17.5 Å². The number of nitrogens with zero attached hydrogens (tertiary/aromatic N) is 1. The molecular weight excluding hydrogens is 521 g/mol. The van der Waals surface area contributed by atoms with Crippen LogP contribution >= 0.6 is 35.3 Å². The highest BCUT2D eigenvalue weighted by molar-refractivity contribution is 14.0. The van der Waals surface area contributed by atoms with Gasteiger partial charge in [-0.3, -0.25) is 4.99 Å². The fraction of sp³-hybridized carbons (Fsp3) is 0.750. The number of hydrogen-bond donors (Lipinski definition) is 3. The molecule has 1 fully saturated rings. The maximum atomic E-state index is 12.3. The Labute approximate surface area is 196 Å². The van der Waals surface area contributed by atoms with Crippen LogP contribution in [0.3, 0.4) is 0 Å². The third kappa shape index (κ3) is 8.70. The Hall–Kier alpha value is -0.390. The molecule has 2 rings (SSSR count). The summed E-state index contributed by atoms with van der Waals surface area (Å²) in [7, 11) is -3.46. The maximum Gasteiger partial charge on any atom is 0.191 e. The van der Waals surface area contributed by atoms with Gasteiger partial charge in [0.15, 0.2) is 15.8 Å². The van der Waals surface area contributed by atoms with E-state index < -0.39 is 15.9 Å². The summed E-state index contributed by atoms with van der Waals surface area (Å²) < 4.78 is 24.9. The van der Waals surface area contributed by atoms with Crippen molar-refractivity contribution in [1.82, 2.24) is 10.6 Å². The van der Waals surface area contributed by atoms with Crippen LogP contribution in [0.1, 0.15) is 52.9 Å². The van der Waals surface area contributed by atoms with E-state index in [0.29, 0.717) is 22.6 Å². The lowest BCUT2D eigenvalue weighted by Crippen LogP contribution is -2.43. The van der Waals surface area contributed by atoms with Crippen molar-refractivity contribution in [1.29, 1.82) is 0 Å². The lowest BCUT2D eigenvalue weighted by molar-refractivity contribution is 0.199. The van der Waals surface area contributed by atoms with Crippen LogP contribution < -0.4 is 10.6 Å². The highest BCUT2D eigenvalue weighted by Crippen LogP contribution is 2.43. The number of thiophene rings is 1. The molecule has 29 heavy (non-hydrogen) atoms. The Balaban J connectivity index is 0.00000420. The van der Waals surface area contributed by atoms with Crippen LogP contribution in [0.15, 0.2) is 26.7 Å². The van der Waals surface area contributed by atoms with Crippen LogP contribution in [0.25, 0.3) is 0 Å². The summed E-state index contributed by atoms with van der Waals surface area (Å²) in [6, 6.07) is 3.27. The third-order valence-electron chi connectivity index (χ3n) is 5.14. The molecule has 1 aliphatic rings. The van der Waals surface area contributed by atoms with Gasteiger partial charge in [0.1, 0.15) is 4.21 Å². The predicted molar refractivity (Wildman–Crippen MR) is 132 cm³/mol. The number of guanidine groups is 1. The van der Waals surface area contributed by atoms with Gasteiger partial charge in [-0.1, -0.05) is 32.8 Å². The van der Waals surface area contributed by atoms with E-state index in [2.05, 4.69) is 24.5 Å². The Morgan fingerprint density at radius 1 is 1.31 bits per heavy atom. The van der Waals surface area contributed by atoms with E-state index in [1.165, 1.54) is 43.4 Å². The summed E-state index contributed by atoms with van der Waals surface area (Å²) in [5, 5.41) is 18.3. The van der Waals surface area contributed by atoms with Crippen LogP contribution in [0, 0.1) is 11.3 Å². The Morgan fingerprint density at radius 3 is 2.55 bits per heavy atom. The Morgan fingerprint density at radius 2 is 2.00 bits per heavy atom. The molecule has 168 valence electrons. The SMILES string of the molecule is CCNC(=NCC1(CC(C)C)CCCC1)NCC(O)CS(=O)(=O)c1cccs1.I. The predicted octanol–water partition coefficient (Wildman–Crippen LogP) is 3.66. The smallest absolute Gasteiger partial charge is 0.191 e. The molecule has 0 aromatic carbocycles. The van der Waals surface area contributed by atoms with E-state index in [-0.39, 0.29) is 41.7 Å². The fourth-order valence-electron chi connectivity index (χ4n) is 4.06. The molecule has 0 spiro atoms. The van der Waals surface area contributed by atoms with Gasteiger partial charge in [0.25, 0.3) is 0 Å². The molecule has 3 N–H and O–H groups in total. The van der Waals surface area contributed by atoms with Crippen molar-refractivity contribution in [2.45, 2.75) is 63.2 Å². The van der Waals surface area contributed by atoms with Gasteiger partial charge in [-0.15, -0.1) is 35.3 Å². The van der Waals surface area contributed by atoms with Gasteiger partial charge in [-0.2, -0.15) is 0 Å². The normalized spacial score (nSPS) is 17.8. The summed E-state index contributed by atoms with van der Waals surface area (Å²) in [6.07, 6.45) is 5.16. The minimum atomic E-state index is -3.46. The summed E-state index contributed by atoms with van der Waals surface area (Å²) in [5.74, 6) is 0.996. The molecule has 1 heterocycles. The van der Waals surface area contributed by atoms with E-state index in [0.717, 1.165) is 6.54 Å². The van der Waals surface area contributed by atoms with E-state index in [1.807, 2.05) is 6.92 Å². The quantitative estimate of drug-likeness (QED) is 0.232. The van der Waals surface area contributed by atoms with E-state index in [4.69, 9.17) is 4.99 Å². The van der Waals surface area contributed by atoms with Crippen molar-refractivity contribution in [2.24, 2.45) is 16.3 Å². The number of rotatable bonds is 10. The first-order valence-corrected chi connectivity index (χ1v) is 12.8. The molecule has 6 nitrogen and oxygen atoms in total. The minimum absolute atomic E-state index is 0. The zero-order valence-electron chi connectivity index (χ0n) is 17.7. The summed E-state index contributed by atoms with van der Waals surface area (Å²) in [5.41, 5.74) is 0.275. The number of aliphatic hydroxyl groups is 1. The molecule has 1 saturated carbocycles. The summed E-state index contributed by atoms with van der Waals surface area (Å²) in [6.45, 7) is 8.15. The van der Waals surface area contributed by atoms with Crippen molar-refractivity contribution in [3.63, 3.8) is 0 Å². The number of aliphatic hydroxyl groups excluding tert-OH is 1. The van der Waals surface area contributed by atoms with Crippen molar-refractivity contribution < 1.29 is 13.5 Å².